The van der Waals surface area contributed by atoms with Crippen LogP contribution in [0, 0.1) is 11.6 Å². The molecule has 0 aromatic heterocycles. The third kappa shape index (κ3) is 3.00. The predicted molar refractivity (Wildman–Crippen MR) is 57.7 cm³/mol. The Bertz CT molecular complexity index is 417. The van der Waals surface area contributed by atoms with E-state index in [1.165, 1.54) is 6.07 Å². The number of halogens is 2. The molecule has 1 atom stereocenters. The lowest BCUT2D eigenvalue weighted by molar-refractivity contribution is 0.0857. The van der Waals surface area contributed by atoms with Gasteiger partial charge in [0.25, 0.3) is 5.91 Å². The Morgan fingerprint density at radius 3 is 2.88 bits per heavy atom. The van der Waals surface area contributed by atoms with Gasteiger partial charge in [0, 0.05) is 18.7 Å². The molecule has 1 saturated heterocycles. The maximum Gasteiger partial charge on any atom is 0.251 e. The molecular weight excluding hydrogens is 228 g/mol. The van der Waals surface area contributed by atoms with E-state index in [4.69, 9.17) is 4.74 Å². The molecule has 0 unspecified atom stereocenters. The van der Waals surface area contributed by atoms with Gasteiger partial charge in [-0.3, -0.25) is 4.79 Å². The summed E-state index contributed by atoms with van der Waals surface area (Å²) >= 11 is 0. The third-order valence-corrected chi connectivity index (χ3v) is 2.70. The summed E-state index contributed by atoms with van der Waals surface area (Å²) in [6.45, 7) is 1.11. The van der Waals surface area contributed by atoms with E-state index in [2.05, 4.69) is 5.32 Å². The standard InChI is InChI=1S/C12H13F2NO2/c13-10-4-3-8(6-11(10)14)12(16)15-7-9-2-1-5-17-9/h3-4,6,9H,1-2,5,7H2,(H,15,16)/t9-/m0/s1. The second kappa shape index (κ2) is 5.23. The normalized spacial score (nSPS) is 19.3. The van der Waals surface area contributed by atoms with Crippen LogP contribution in [0.2, 0.25) is 0 Å². The van der Waals surface area contributed by atoms with Crippen molar-refractivity contribution in [2.45, 2.75) is 18.9 Å². The third-order valence-electron chi connectivity index (χ3n) is 2.70. The monoisotopic (exact) mass is 241 g/mol. The number of carbonyl (C=O) groups excluding carboxylic acids is 1. The summed E-state index contributed by atoms with van der Waals surface area (Å²) in [5.74, 6) is -2.39. The summed E-state index contributed by atoms with van der Waals surface area (Å²) < 4.78 is 30.9. The Morgan fingerprint density at radius 2 is 2.24 bits per heavy atom. The molecule has 0 saturated carbocycles. The van der Waals surface area contributed by atoms with Crippen LogP contribution in [0.15, 0.2) is 18.2 Å². The first kappa shape index (κ1) is 12.0. The van der Waals surface area contributed by atoms with Crippen LogP contribution in [0.5, 0.6) is 0 Å². The van der Waals surface area contributed by atoms with Gasteiger partial charge >= 0.3 is 0 Å². The van der Waals surface area contributed by atoms with Crippen molar-refractivity contribution in [3.8, 4) is 0 Å². The van der Waals surface area contributed by atoms with Crippen molar-refractivity contribution in [2.24, 2.45) is 0 Å². The molecule has 92 valence electrons. The first-order valence-corrected chi connectivity index (χ1v) is 5.51. The molecule has 5 heteroatoms. The van der Waals surface area contributed by atoms with Crippen molar-refractivity contribution in [2.75, 3.05) is 13.2 Å². The Morgan fingerprint density at radius 1 is 1.41 bits per heavy atom. The van der Waals surface area contributed by atoms with Gasteiger partial charge in [0.15, 0.2) is 11.6 Å². The van der Waals surface area contributed by atoms with E-state index >= 15 is 0 Å². The second-order valence-electron chi connectivity index (χ2n) is 3.97. The maximum absolute atomic E-state index is 12.9. The molecule has 17 heavy (non-hydrogen) atoms. The van der Waals surface area contributed by atoms with Gasteiger partial charge in [-0.2, -0.15) is 0 Å². The lowest BCUT2D eigenvalue weighted by atomic mass is 10.2. The van der Waals surface area contributed by atoms with Crippen LogP contribution in [-0.4, -0.2) is 25.2 Å². The van der Waals surface area contributed by atoms with Gasteiger partial charge in [-0.15, -0.1) is 0 Å². The summed E-state index contributed by atoms with van der Waals surface area (Å²) in [5.41, 5.74) is 0.113. The fraction of sp³-hybridized carbons (Fsp3) is 0.417. The highest BCUT2D eigenvalue weighted by Gasteiger charge is 2.17. The van der Waals surface area contributed by atoms with Crippen LogP contribution in [0.3, 0.4) is 0 Å². The molecule has 0 aliphatic carbocycles. The van der Waals surface area contributed by atoms with Crippen molar-refractivity contribution in [3.05, 3.63) is 35.4 Å². The minimum atomic E-state index is -1.02. The molecule has 1 aliphatic heterocycles. The number of rotatable bonds is 3. The summed E-state index contributed by atoms with van der Waals surface area (Å²) in [4.78, 5) is 11.6. The quantitative estimate of drug-likeness (QED) is 0.877. The van der Waals surface area contributed by atoms with Crippen LogP contribution in [0.4, 0.5) is 8.78 Å². The van der Waals surface area contributed by atoms with Gasteiger partial charge in [0.1, 0.15) is 0 Å². The van der Waals surface area contributed by atoms with E-state index in [0.717, 1.165) is 25.0 Å². The Labute approximate surface area is 97.8 Å². The van der Waals surface area contributed by atoms with Crippen LogP contribution in [-0.2, 0) is 4.74 Å². The molecule has 1 aliphatic rings. The van der Waals surface area contributed by atoms with Gasteiger partial charge < -0.3 is 10.1 Å². The lowest BCUT2D eigenvalue weighted by Gasteiger charge is -2.10. The summed E-state index contributed by atoms with van der Waals surface area (Å²) in [6, 6.07) is 3.08. The highest BCUT2D eigenvalue weighted by Crippen LogP contribution is 2.12. The molecule has 1 fully saturated rings. The van der Waals surface area contributed by atoms with Crippen LogP contribution in [0.25, 0.3) is 0 Å². The topological polar surface area (TPSA) is 38.3 Å². The van der Waals surface area contributed by atoms with Gasteiger partial charge in [-0.25, -0.2) is 8.78 Å². The van der Waals surface area contributed by atoms with Gasteiger partial charge in [0.2, 0.25) is 0 Å². The first-order chi connectivity index (χ1) is 8.16. The molecule has 0 spiro atoms. The maximum atomic E-state index is 12.9. The smallest absolute Gasteiger partial charge is 0.251 e. The van der Waals surface area contributed by atoms with Crippen molar-refractivity contribution in [1.82, 2.24) is 5.32 Å². The predicted octanol–water partition coefficient (Wildman–Crippen LogP) is 1.87. The summed E-state index contributed by atoms with van der Waals surface area (Å²) in [5, 5.41) is 2.63. The fourth-order valence-corrected chi connectivity index (χ4v) is 1.75. The highest BCUT2D eigenvalue weighted by molar-refractivity contribution is 5.94. The van der Waals surface area contributed by atoms with Crippen molar-refractivity contribution < 1.29 is 18.3 Å². The van der Waals surface area contributed by atoms with Crippen molar-refractivity contribution >= 4 is 5.91 Å². The molecule has 1 N–H and O–H groups in total. The minimum Gasteiger partial charge on any atom is -0.376 e. The van der Waals surface area contributed by atoms with Crippen LogP contribution >= 0.6 is 0 Å². The largest absolute Gasteiger partial charge is 0.376 e. The molecule has 0 bridgehead atoms. The highest BCUT2D eigenvalue weighted by atomic mass is 19.2. The average molecular weight is 241 g/mol. The SMILES string of the molecule is O=C(NC[C@@H]1CCCO1)c1ccc(F)c(F)c1. The first-order valence-electron chi connectivity index (χ1n) is 5.51. The van der Waals surface area contributed by atoms with Gasteiger partial charge in [0.05, 0.1) is 6.10 Å². The minimum absolute atomic E-state index is 0.0317. The fourth-order valence-electron chi connectivity index (χ4n) is 1.75. The van der Waals surface area contributed by atoms with Crippen molar-refractivity contribution in [3.63, 3.8) is 0 Å². The van der Waals surface area contributed by atoms with E-state index in [-0.39, 0.29) is 11.7 Å². The van der Waals surface area contributed by atoms with Gasteiger partial charge in [-0.1, -0.05) is 0 Å². The number of benzene rings is 1. The molecule has 1 heterocycles. The molecular formula is C12H13F2NO2. The number of hydrogen-bond donors (Lipinski definition) is 1. The van der Waals surface area contributed by atoms with E-state index in [9.17, 15) is 13.6 Å². The summed E-state index contributed by atoms with van der Waals surface area (Å²) in [7, 11) is 0. The Hall–Kier alpha value is -1.49. The molecule has 1 amide bonds. The van der Waals surface area contributed by atoms with Crippen LogP contribution < -0.4 is 5.32 Å². The van der Waals surface area contributed by atoms with E-state index < -0.39 is 17.5 Å². The Balaban J connectivity index is 1.92. The molecule has 2 rings (SSSR count). The number of amides is 1. The molecule has 3 nitrogen and oxygen atoms in total. The van der Waals surface area contributed by atoms with Gasteiger partial charge in [-0.05, 0) is 31.0 Å². The van der Waals surface area contributed by atoms with E-state index in [1.54, 1.807) is 0 Å². The van der Waals surface area contributed by atoms with Crippen LogP contribution in [0.1, 0.15) is 23.2 Å². The molecule has 0 radical (unpaired) electrons. The second-order valence-corrected chi connectivity index (χ2v) is 3.97. The summed E-state index contributed by atoms with van der Waals surface area (Å²) in [6.07, 6.45) is 1.94. The number of nitrogens with one attached hydrogen (secondary N) is 1. The zero-order valence-corrected chi connectivity index (χ0v) is 9.21. The lowest BCUT2D eigenvalue weighted by Crippen LogP contribution is -2.31. The molecule has 1 aromatic rings. The number of hydrogen-bond acceptors (Lipinski definition) is 2. The van der Waals surface area contributed by atoms with E-state index in [1.807, 2.05) is 0 Å². The zero-order valence-electron chi connectivity index (χ0n) is 9.21. The Kier molecular flexibility index (Phi) is 3.68. The average Bonchev–Trinajstić information content (AvgIpc) is 2.82. The zero-order chi connectivity index (χ0) is 12.3. The number of carbonyl (C=O) groups is 1. The van der Waals surface area contributed by atoms with E-state index in [0.29, 0.717) is 13.2 Å². The number of ether oxygens (including phenoxy) is 1. The molecule has 1 aromatic carbocycles. The van der Waals surface area contributed by atoms with Crippen molar-refractivity contribution in [1.29, 1.82) is 0 Å².